The van der Waals surface area contributed by atoms with Crippen LogP contribution in [0.25, 0.3) is 0 Å². The Morgan fingerprint density at radius 1 is 1.12 bits per heavy atom. The zero-order valence-electron chi connectivity index (χ0n) is 15.7. The van der Waals surface area contributed by atoms with Gasteiger partial charge in [0.15, 0.2) is 0 Å². The molecular formula is C22H30N2O2. The maximum Gasteiger partial charge on any atom is 0.415 e. The van der Waals surface area contributed by atoms with Crippen molar-refractivity contribution in [3.05, 3.63) is 42.5 Å². The Morgan fingerprint density at radius 2 is 1.81 bits per heavy atom. The van der Waals surface area contributed by atoms with E-state index in [-0.39, 0.29) is 6.09 Å². The summed E-state index contributed by atoms with van der Waals surface area (Å²) < 4.78 is 6.08. The molecule has 0 aromatic heterocycles. The van der Waals surface area contributed by atoms with Crippen molar-refractivity contribution in [3.8, 4) is 0 Å². The number of carbonyl (C=O) groups excluding carboxylic acids is 1. The van der Waals surface area contributed by atoms with Crippen molar-refractivity contribution in [3.63, 3.8) is 0 Å². The largest absolute Gasteiger partial charge is 0.437 e. The van der Waals surface area contributed by atoms with E-state index < -0.39 is 5.60 Å². The second-order valence-electron chi connectivity index (χ2n) is 7.96. The van der Waals surface area contributed by atoms with Crippen molar-refractivity contribution >= 4 is 11.8 Å². The molecule has 0 bridgehead atoms. The van der Waals surface area contributed by atoms with Crippen molar-refractivity contribution < 1.29 is 9.53 Å². The number of likely N-dealkylation sites (tertiary alicyclic amines) is 1. The highest BCUT2D eigenvalue weighted by Crippen LogP contribution is 2.46. The molecule has 1 aliphatic carbocycles. The van der Waals surface area contributed by atoms with Gasteiger partial charge >= 0.3 is 6.09 Å². The van der Waals surface area contributed by atoms with Crippen LogP contribution < -0.4 is 4.90 Å². The average Bonchev–Trinajstić information content (AvgIpc) is 2.95. The summed E-state index contributed by atoms with van der Waals surface area (Å²) in [7, 11) is 0. The van der Waals surface area contributed by atoms with E-state index in [9.17, 15) is 4.79 Å². The first-order valence-electron chi connectivity index (χ1n) is 10.2. The summed E-state index contributed by atoms with van der Waals surface area (Å²) in [6, 6.07) is 8.96. The minimum Gasteiger partial charge on any atom is -0.437 e. The van der Waals surface area contributed by atoms with Crippen LogP contribution >= 0.6 is 0 Å². The fourth-order valence-corrected chi connectivity index (χ4v) is 5.02. The van der Waals surface area contributed by atoms with Crippen LogP contribution in [0.1, 0.15) is 56.9 Å². The molecule has 4 rings (SSSR count). The second-order valence-corrected chi connectivity index (χ2v) is 7.96. The van der Waals surface area contributed by atoms with Gasteiger partial charge in [0.1, 0.15) is 5.60 Å². The molecule has 4 nitrogen and oxygen atoms in total. The van der Waals surface area contributed by atoms with Crippen molar-refractivity contribution in [1.82, 2.24) is 4.90 Å². The van der Waals surface area contributed by atoms with E-state index >= 15 is 0 Å². The summed E-state index contributed by atoms with van der Waals surface area (Å²) in [6.07, 6.45) is 11.5. The fraction of sp³-hybridized carbons (Fsp3) is 0.591. The van der Waals surface area contributed by atoms with Gasteiger partial charge in [-0.15, -0.1) is 6.58 Å². The molecule has 1 spiro atoms. The van der Waals surface area contributed by atoms with Gasteiger partial charge < -0.3 is 9.64 Å². The number of carbonyl (C=O) groups is 1. The highest BCUT2D eigenvalue weighted by molar-refractivity contribution is 5.91. The number of hydrogen-bond donors (Lipinski definition) is 0. The zero-order valence-corrected chi connectivity index (χ0v) is 15.7. The summed E-state index contributed by atoms with van der Waals surface area (Å²) in [5.74, 6) is 0. The molecule has 2 aliphatic heterocycles. The van der Waals surface area contributed by atoms with Crippen molar-refractivity contribution in [2.45, 2.75) is 63.0 Å². The Hall–Kier alpha value is -1.81. The minimum absolute atomic E-state index is 0.230. The number of hydrogen-bond acceptors (Lipinski definition) is 3. The summed E-state index contributed by atoms with van der Waals surface area (Å²) in [4.78, 5) is 17.0. The predicted molar refractivity (Wildman–Crippen MR) is 104 cm³/mol. The van der Waals surface area contributed by atoms with Crippen LogP contribution in [0.3, 0.4) is 0 Å². The van der Waals surface area contributed by atoms with Gasteiger partial charge in [0, 0.05) is 44.1 Å². The Kier molecular flexibility index (Phi) is 5.03. The summed E-state index contributed by atoms with van der Waals surface area (Å²) in [5, 5.41) is 0. The molecule has 1 saturated carbocycles. The monoisotopic (exact) mass is 354 g/mol. The Bertz CT molecular complexity index is 656. The van der Waals surface area contributed by atoms with Crippen molar-refractivity contribution in [1.29, 1.82) is 0 Å². The normalized spacial score (nSPS) is 24.0. The Balaban J connectivity index is 1.55. The maximum atomic E-state index is 12.7. The molecule has 1 aromatic carbocycles. The molecule has 2 heterocycles. The molecule has 0 unspecified atom stereocenters. The lowest BCUT2D eigenvalue weighted by Crippen LogP contribution is -2.53. The molecule has 140 valence electrons. The van der Waals surface area contributed by atoms with Crippen LogP contribution in [0.15, 0.2) is 36.9 Å². The Labute approximate surface area is 156 Å². The highest BCUT2D eigenvalue weighted by Gasteiger charge is 2.47. The first-order chi connectivity index (χ1) is 12.7. The van der Waals surface area contributed by atoms with Gasteiger partial charge in [0.2, 0.25) is 0 Å². The lowest BCUT2D eigenvalue weighted by atomic mass is 9.81. The van der Waals surface area contributed by atoms with Gasteiger partial charge in [-0.05, 0) is 18.9 Å². The summed E-state index contributed by atoms with van der Waals surface area (Å²) >= 11 is 0. The number of para-hydroxylation sites is 1. The molecule has 2 fully saturated rings. The van der Waals surface area contributed by atoms with E-state index in [1.54, 1.807) is 11.0 Å². The number of rotatable bonds is 3. The van der Waals surface area contributed by atoms with Crippen LogP contribution in [0.2, 0.25) is 0 Å². The van der Waals surface area contributed by atoms with Gasteiger partial charge in [0.05, 0.1) is 5.69 Å². The minimum atomic E-state index is -0.452. The molecule has 4 heteroatoms. The molecule has 0 atom stereocenters. The number of ether oxygens (including phenoxy) is 1. The molecule has 0 N–H and O–H groups in total. The standard InChI is InChI=1S/C22H30N2O2/c1-2-15-24-20-12-8-7-11-19(20)22(26-21(24)25)13-16-23(17-14-22)18-9-5-3-4-6-10-18/h2,7-8,11-12,18H,1,3-6,9-10,13-17H2. The molecule has 3 aliphatic rings. The lowest BCUT2D eigenvalue weighted by Gasteiger charge is -2.48. The van der Waals surface area contributed by atoms with Gasteiger partial charge in [-0.3, -0.25) is 4.90 Å². The Morgan fingerprint density at radius 3 is 2.50 bits per heavy atom. The van der Waals surface area contributed by atoms with Crippen LogP contribution in [-0.4, -0.2) is 36.7 Å². The quantitative estimate of drug-likeness (QED) is 0.575. The number of nitrogens with zero attached hydrogens (tertiary/aromatic N) is 2. The van der Waals surface area contributed by atoms with Gasteiger partial charge in [-0.1, -0.05) is 50.0 Å². The van der Waals surface area contributed by atoms with Crippen LogP contribution in [0.4, 0.5) is 10.5 Å². The lowest BCUT2D eigenvalue weighted by molar-refractivity contribution is -0.0504. The van der Waals surface area contributed by atoms with E-state index in [1.165, 1.54) is 44.1 Å². The third-order valence-corrected chi connectivity index (χ3v) is 6.45. The van der Waals surface area contributed by atoms with Crippen LogP contribution in [-0.2, 0) is 10.3 Å². The first kappa shape index (κ1) is 17.6. The van der Waals surface area contributed by atoms with E-state index in [2.05, 4.69) is 23.6 Å². The maximum absolute atomic E-state index is 12.7. The molecule has 1 aromatic rings. The topological polar surface area (TPSA) is 32.8 Å². The summed E-state index contributed by atoms with van der Waals surface area (Å²) in [5.41, 5.74) is 1.71. The second kappa shape index (κ2) is 7.43. The average molecular weight is 354 g/mol. The van der Waals surface area contributed by atoms with E-state index in [0.717, 1.165) is 37.7 Å². The summed E-state index contributed by atoms with van der Waals surface area (Å²) in [6.45, 7) is 6.31. The van der Waals surface area contributed by atoms with E-state index in [0.29, 0.717) is 6.54 Å². The number of benzene rings is 1. The van der Waals surface area contributed by atoms with Crippen molar-refractivity contribution in [2.24, 2.45) is 0 Å². The molecular weight excluding hydrogens is 324 g/mol. The van der Waals surface area contributed by atoms with Gasteiger partial charge in [-0.25, -0.2) is 4.79 Å². The number of piperidine rings is 1. The fourth-order valence-electron chi connectivity index (χ4n) is 5.02. The van der Waals surface area contributed by atoms with Crippen LogP contribution in [0.5, 0.6) is 0 Å². The third-order valence-electron chi connectivity index (χ3n) is 6.45. The third kappa shape index (κ3) is 3.16. The van der Waals surface area contributed by atoms with E-state index in [4.69, 9.17) is 4.74 Å². The van der Waals surface area contributed by atoms with E-state index in [1.807, 2.05) is 12.1 Å². The predicted octanol–water partition coefficient (Wildman–Crippen LogP) is 4.84. The van der Waals surface area contributed by atoms with Gasteiger partial charge in [-0.2, -0.15) is 0 Å². The van der Waals surface area contributed by atoms with Crippen molar-refractivity contribution in [2.75, 3.05) is 24.5 Å². The molecule has 1 amide bonds. The number of amides is 1. The zero-order chi connectivity index (χ0) is 18.0. The smallest absolute Gasteiger partial charge is 0.415 e. The molecule has 0 radical (unpaired) electrons. The highest BCUT2D eigenvalue weighted by atomic mass is 16.6. The van der Waals surface area contributed by atoms with Gasteiger partial charge in [0.25, 0.3) is 0 Å². The van der Waals surface area contributed by atoms with Crippen LogP contribution in [0, 0.1) is 0 Å². The first-order valence-corrected chi connectivity index (χ1v) is 10.2. The number of anilines is 1. The SMILES string of the molecule is C=CCN1C(=O)OC2(CCN(C3CCCCCC3)CC2)c2ccccc21. The number of fused-ring (bicyclic) bond motifs is 2. The molecule has 1 saturated heterocycles. The molecule has 26 heavy (non-hydrogen) atoms.